The van der Waals surface area contributed by atoms with Crippen LogP contribution in [-0.4, -0.2) is 32.3 Å². The van der Waals surface area contributed by atoms with Gasteiger partial charge in [0.1, 0.15) is 0 Å². The zero-order chi connectivity index (χ0) is 10.3. The maximum atomic E-state index is 9.98. The first-order chi connectivity index (χ1) is 5.99. The molecule has 0 radical (unpaired) electrons. The first kappa shape index (κ1) is 17.2. The van der Waals surface area contributed by atoms with E-state index in [1.807, 2.05) is 13.8 Å². The SMILES string of the molecule is CCC(CC)OCCOS(=O)(=O)[O-].[Na+]. The fourth-order valence-corrected chi connectivity index (χ4v) is 1.15. The Kier molecular flexibility index (Phi) is 11.2. The van der Waals surface area contributed by atoms with Crippen molar-refractivity contribution in [2.75, 3.05) is 13.2 Å². The number of hydrogen-bond acceptors (Lipinski definition) is 5. The van der Waals surface area contributed by atoms with Crippen molar-refractivity contribution in [1.82, 2.24) is 0 Å². The topological polar surface area (TPSA) is 75.7 Å². The summed E-state index contributed by atoms with van der Waals surface area (Å²) < 4.78 is 39.1. The molecule has 0 fully saturated rings. The Balaban J connectivity index is 0. The van der Waals surface area contributed by atoms with Gasteiger partial charge in [-0.2, -0.15) is 0 Å². The van der Waals surface area contributed by atoms with Crippen molar-refractivity contribution in [3.05, 3.63) is 0 Å². The maximum absolute atomic E-state index is 9.98. The van der Waals surface area contributed by atoms with Gasteiger partial charge < -0.3 is 9.29 Å². The van der Waals surface area contributed by atoms with Gasteiger partial charge in [0.25, 0.3) is 0 Å². The molecule has 80 valence electrons. The van der Waals surface area contributed by atoms with Gasteiger partial charge in [0, 0.05) is 0 Å². The van der Waals surface area contributed by atoms with Crippen LogP contribution in [0.1, 0.15) is 26.7 Å². The second kappa shape index (κ2) is 9.08. The predicted molar refractivity (Wildman–Crippen MR) is 46.0 cm³/mol. The Morgan fingerprint density at radius 2 is 1.71 bits per heavy atom. The fraction of sp³-hybridized carbons (Fsp3) is 1.00. The third-order valence-electron chi connectivity index (χ3n) is 1.58. The van der Waals surface area contributed by atoms with E-state index in [1.165, 1.54) is 0 Å². The van der Waals surface area contributed by atoms with Gasteiger partial charge in [0.15, 0.2) is 0 Å². The van der Waals surface area contributed by atoms with Gasteiger partial charge in [-0.3, -0.25) is 4.18 Å². The Morgan fingerprint density at radius 3 is 2.07 bits per heavy atom. The third kappa shape index (κ3) is 10.9. The van der Waals surface area contributed by atoms with Crippen LogP contribution in [0, 0.1) is 0 Å². The smallest absolute Gasteiger partial charge is 0.726 e. The summed E-state index contributed by atoms with van der Waals surface area (Å²) in [6.45, 7) is 3.87. The summed E-state index contributed by atoms with van der Waals surface area (Å²) in [4.78, 5) is 0. The number of hydrogen-bond donors (Lipinski definition) is 0. The van der Waals surface area contributed by atoms with E-state index in [1.54, 1.807) is 0 Å². The van der Waals surface area contributed by atoms with Crippen molar-refractivity contribution in [2.45, 2.75) is 32.8 Å². The number of rotatable bonds is 7. The molecule has 0 spiro atoms. The van der Waals surface area contributed by atoms with E-state index in [9.17, 15) is 13.0 Å². The van der Waals surface area contributed by atoms with Crippen LogP contribution in [0.2, 0.25) is 0 Å². The van der Waals surface area contributed by atoms with Gasteiger partial charge in [-0.15, -0.1) is 0 Å². The second-order valence-corrected chi connectivity index (χ2v) is 3.59. The summed E-state index contributed by atoms with van der Waals surface area (Å²) in [5.41, 5.74) is 0. The van der Waals surface area contributed by atoms with E-state index in [-0.39, 0.29) is 48.9 Å². The molecule has 7 heteroatoms. The molecule has 0 aromatic rings. The molecular formula is C7H15NaO5S. The summed E-state index contributed by atoms with van der Waals surface area (Å²) in [6, 6.07) is 0. The van der Waals surface area contributed by atoms with E-state index < -0.39 is 10.4 Å². The molecule has 0 aliphatic heterocycles. The van der Waals surface area contributed by atoms with Crippen LogP contribution >= 0.6 is 0 Å². The summed E-state index contributed by atoms with van der Waals surface area (Å²) in [5.74, 6) is 0. The molecule has 0 amide bonds. The molecule has 0 aromatic heterocycles. The minimum Gasteiger partial charge on any atom is -0.726 e. The quantitative estimate of drug-likeness (QED) is 0.214. The summed E-state index contributed by atoms with van der Waals surface area (Å²) >= 11 is 0. The molecule has 0 unspecified atom stereocenters. The molecule has 0 heterocycles. The predicted octanol–water partition coefficient (Wildman–Crippen LogP) is -2.33. The van der Waals surface area contributed by atoms with Crippen molar-refractivity contribution >= 4 is 10.4 Å². The average Bonchev–Trinajstić information content (AvgIpc) is 2.03. The van der Waals surface area contributed by atoms with Crippen molar-refractivity contribution in [3.8, 4) is 0 Å². The minimum atomic E-state index is -4.57. The van der Waals surface area contributed by atoms with Crippen molar-refractivity contribution in [3.63, 3.8) is 0 Å². The normalized spacial score (nSPS) is 11.4. The van der Waals surface area contributed by atoms with Gasteiger partial charge in [-0.05, 0) is 12.8 Å². The number of ether oxygens (including phenoxy) is 1. The molecule has 0 atom stereocenters. The second-order valence-electron chi connectivity index (χ2n) is 2.54. The summed E-state index contributed by atoms with van der Waals surface area (Å²) in [6.07, 6.45) is 1.83. The Labute approximate surface area is 107 Å². The molecule has 0 bridgehead atoms. The van der Waals surface area contributed by atoms with Crippen molar-refractivity contribution < 1.29 is 51.4 Å². The molecule has 0 aliphatic carbocycles. The molecule has 0 rings (SSSR count). The maximum Gasteiger partial charge on any atom is 1.00 e. The Hall–Kier alpha value is 0.830. The van der Waals surface area contributed by atoms with Crippen LogP contribution in [0.4, 0.5) is 0 Å². The zero-order valence-corrected chi connectivity index (χ0v) is 11.7. The largest absolute Gasteiger partial charge is 1.00 e. The molecule has 14 heavy (non-hydrogen) atoms. The third-order valence-corrected chi connectivity index (χ3v) is 2.03. The van der Waals surface area contributed by atoms with E-state index in [4.69, 9.17) is 4.74 Å². The van der Waals surface area contributed by atoms with Gasteiger partial charge in [0.05, 0.1) is 19.3 Å². The molecular weight excluding hydrogens is 219 g/mol. The molecule has 0 N–H and O–H groups in total. The van der Waals surface area contributed by atoms with Crippen LogP contribution < -0.4 is 29.6 Å². The van der Waals surface area contributed by atoms with Crippen LogP contribution in [0.25, 0.3) is 0 Å². The minimum absolute atomic E-state index is 0. The van der Waals surface area contributed by atoms with Gasteiger partial charge in [0.2, 0.25) is 10.4 Å². The Morgan fingerprint density at radius 1 is 1.21 bits per heavy atom. The van der Waals surface area contributed by atoms with Crippen molar-refractivity contribution in [1.29, 1.82) is 0 Å². The van der Waals surface area contributed by atoms with E-state index in [2.05, 4.69) is 4.18 Å². The molecule has 0 aromatic carbocycles. The fourth-order valence-electron chi connectivity index (χ4n) is 0.875. The van der Waals surface area contributed by atoms with E-state index in [0.29, 0.717) is 0 Å². The molecule has 0 aliphatic rings. The van der Waals surface area contributed by atoms with Crippen LogP contribution in [-0.2, 0) is 19.3 Å². The van der Waals surface area contributed by atoms with Gasteiger partial charge in [-0.25, -0.2) is 8.42 Å². The van der Waals surface area contributed by atoms with Gasteiger partial charge in [-0.1, -0.05) is 13.8 Å². The van der Waals surface area contributed by atoms with E-state index >= 15 is 0 Å². The first-order valence-corrected chi connectivity index (χ1v) is 5.54. The van der Waals surface area contributed by atoms with Crippen LogP contribution in [0.3, 0.4) is 0 Å². The molecule has 0 saturated heterocycles. The van der Waals surface area contributed by atoms with Crippen LogP contribution in [0.5, 0.6) is 0 Å². The standard InChI is InChI=1S/C7H16O5S.Na/c1-3-7(4-2)11-5-6-12-13(8,9)10;/h7H,3-6H2,1-2H3,(H,8,9,10);/q;+1/p-1. The summed E-state index contributed by atoms with van der Waals surface area (Å²) in [5, 5.41) is 0. The monoisotopic (exact) mass is 234 g/mol. The first-order valence-electron chi connectivity index (χ1n) is 4.21. The molecule has 0 saturated carbocycles. The Bertz CT molecular complexity index is 212. The summed E-state index contributed by atoms with van der Waals surface area (Å²) in [7, 11) is -4.57. The van der Waals surface area contributed by atoms with Crippen molar-refractivity contribution in [2.24, 2.45) is 0 Å². The van der Waals surface area contributed by atoms with E-state index in [0.717, 1.165) is 12.8 Å². The molecule has 5 nitrogen and oxygen atoms in total. The van der Waals surface area contributed by atoms with Crippen LogP contribution in [0.15, 0.2) is 0 Å². The average molecular weight is 234 g/mol. The zero-order valence-electron chi connectivity index (χ0n) is 8.86. The van der Waals surface area contributed by atoms with Gasteiger partial charge >= 0.3 is 29.6 Å².